The molecule has 0 aliphatic heterocycles. The zero-order valence-corrected chi connectivity index (χ0v) is 15.6. The van der Waals surface area contributed by atoms with Crippen LogP contribution in [-0.2, 0) is 25.9 Å². The third-order valence-corrected chi connectivity index (χ3v) is 6.81. The van der Waals surface area contributed by atoms with Crippen molar-refractivity contribution < 1.29 is 14.1 Å². The lowest BCUT2D eigenvalue weighted by atomic mass is 10.2. The number of ether oxygens (including phenoxy) is 1. The molecule has 0 rings (SSSR count). The van der Waals surface area contributed by atoms with Crippen molar-refractivity contribution in [2.45, 2.75) is 52.9 Å². The van der Waals surface area contributed by atoms with Crippen LogP contribution in [0.15, 0.2) is 0 Å². The topological polar surface area (TPSA) is 50.8 Å². The van der Waals surface area contributed by atoms with Gasteiger partial charge in [0.05, 0.1) is 6.61 Å². The van der Waals surface area contributed by atoms with Crippen molar-refractivity contribution in [3.63, 3.8) is 0 Å². The van der Waals surface area contributed by atoms with Gasteiger partial charge in [0, 0.05) is 33.2 Å². The van der Waals surface area contributed by atoms with Gasteiger partial charge in [0.25, 0.3) is 6.57 Å². The smallest absolute Gasteiger partial charge is 0.310 e. The maximum atomic E-state index is 12.0. The minimum Gasteiger partial charge on any atom is -0.410 e. The monoisotopic (exact) mass is 338 g/mol. The minimum atomic E-state index is -2.48. The van der Waals surface area contributed by atoms with E-state index in [2.05, 4.69) is 12.0 Å². The first-order valence-electron chi connectivity index (χ1n) is 7.85. The highest BCUT2D eigenvalue weighted by molar-refractivity contribution is 8.10. The van der Waals surface area contributed by atoms with E-state index in [-0.39, 0.29) is 5.97 Å². The normalized spacial score (nSPS) is 14.1. The predicted octanol–water partition coefficient (Wildman–Crippen LogP) is 3.30. The quantitative estimate of drug-likeness (QED) is 0.411. The van der Waals surface area contributed by atoms with Crippen molar-refractivity contribution in [2.75, 3.05) is 33.4 Å². The number of methoxy groups -OCH3 is 1. The number of unbranched alkanes of at least 4 members (excludes halogenated alkanes) is 3. The molecule has 0 radical (unpaired) electrons. The summed E-state index contributed by atoms with van der Waals surface area (Å²) >= 11 is 5.64. The second kappa shape index (κ2) is 12.5. The average molecular weight is 338 g/mol. The standard InChI is InChI=1S/C14H31N2O3PS/c1-5-8-9-10-11-14(17)19-20(21,15-6-2)16(7-3)12-13-18-4/h5-13H2,1-4H3,(H,15,21). The summed E-state index contributed by atoms with van der Waals surface area (Å²) in [4.78, 5) is 12.0. The van der Waals surface area contributed by atoms with Crippen molar-refractivity contribution >= 4 is 24.3 Å². The van der Waals surface area contributed by atoms with E-state index in [0.29, 0.717) is 26.1 Å². The molecule has 0 aliphatic carbocycles. The molecule has 0 heterocycles. The molecule has 0 aromatic rings. The van der Waals surface area contributed by atoms with Crippen LogP contribution in [0, 0.1) is 0 Å². The number of nitrogens with zero attached hydrogens (tertiary/aromatic N) is 1. The summed E-state index contributed by atoms with van der Waals surface area (Å²) in [5, 5.41) is 3.20. The third-order valence-electron chi connectivity index (χ3n) is 3.11. The van der Waals surface area contributed by atoms with Crippen LogP contribution < -0.4 is 5.09 Å². The Morgan fingerprint density at radius 1 is 1.24 bits per heavy atom. The van der Waals surface area contributed by atoms with Gasteiger partial charge in [-0.05, 0) is 18.2 Å². The number of hydrogen-bond donors (Lipinski definition) is 1. The second-order valence-electron chi connectivity index (χ2n) is 4.85. The van der Waals surface area contributed by atoms with Crippen LogP contribution in [0.1, 0.15) is 52.9 Å². The first-order chi connectivity index (χ1) is 10.0. The molecule has 0 saturated carbocycles. The van der Waals surface area contributed by atoms with Gasteiger partial charge in [-0.1, -0.05) is 40.0 Å². The maximum Gasteiger partial charge on any atom is 0.310 e. The van der Waals surface area contributed by atoms with Gasteiger partial charge in [-0.2, -0.15) is 0 Å². The molecule has 0 bridgehead atoms. The highest BCUT2D eigenvalue weighted by Crippen LogP contribution is 2.47. The molecule has 0 aromatic carbocycles. The van der Waals surface area contributed by atoms with Crippen LogP contribution in [0.2, 0.25) is 0 Å². The molecular weight excluding hydrogens is 307 g/mol. The van der Waals surface area contributed by atoms with Gasteiger partial charge in [-0.15, -0.1) is 0 Å². The molecule has 1 atom stereocenters. The lowest BCUT2D eigenvalue weighted by molar-refractivity contribution is -0.134. The molecule has 1 N–H and O–H groups in total. The van der Waals surface area contributed by atoms with Gasteiger partial charge >= 0.3 is 5.97 Å². The van der Waals surface area contributed by atoms with E-state index >= 15 is 0 Å². The number of likely N-dealkylation sites (N-methyl/N-ethyl adjacent to an activating group) is 1. The largest absolute Gasteiger partial charge is 0.410 e. The number of carbonyl (C=O) groups excluding carboxylic acids is 1. The number of hydrogen-bond acceptors (Lipinski definition) is 4. The highest BCUT2D eigenvalue weighted by Gasteiger charge is 2.28. The zero-order chi connectivity index (χ0) is 16.1. The Morgan fingerprint density at radius 2 is 1.95 bits per heavy atom. The van der Waals surface area contributed by atoms with Crippen LogP contribution in [0.25, 0.3) is 0 Å². The Labute approximate surface area is 135 Å². The van der Waals surface area contributed by atoms with Crippen molar-refractivity contribution in [3.8, 4) is 0 Å². The molecular formula is C14H31N2O3PS. The van der Waals surface area contributed by atoms with Crippen molar-refractivity contribution in [1.29, 1.82) is 0 Å². The number of nitrogens with one attached hydrogen (secondary N) is 1. The highest BCUT2D eigenvalue weighted by atomic mass is 32.5. The molecule has 0 saturated heterocycles. The molecule has 0 aromatic heterocycles. The van der Waals surface area contributed by atoms with Gasteiger partial charge in [0.15, 0.2) is 0 Å². The van der Waals surface area contributed by atoms with E-state index in [0.717, 1.165) is 32.2 Å². The Balaban J connectivity index is 4.54. The van der Waals surface area contributed by atoms with E-state index in [1.165, 1.54) is 0 Å². The molecule has 21 heavy (non-hydrogen) atoms. The first kappa shape index (κ1) is 21.0. The Kier molecular flexibility index (Phi) is 12.5. The molecule has 5 nitrogen and oxygen atoms in total. The summed E-state index contributed by atoms with van der Waals surface area (Å²) in [5.41, 5.74) is 0. The maximum absolute atomic E-state index is 12.0. The Bertz CT molecular complexity index is 329. The van der Waals surface area contributed by atoms with Crippen molar-refractivity contribution in [3.05, 3.63) is 0 Å². The zero-order valence-electron chi connectivity index (χ0n) is 13.9. The lowest BCUT2D eigenvalue weighted by Gasteiger charge is -2.33. The predicted molar refractivity (Wildman–Crippen MR) is 91.9 cm³/mol. The van der Waals surface area contributed by atoms with Crippen molar-refractivity contribution in [1.82, 2.24) is 9.76 Å². The van der Waals surface area contributed by atoms with E-state index < -0.39 is 6.57 Å². The molecule has 0 spiro atoms. The first-order valence-corrected chi connectivity index (χ1v) is 10.5. The van der Waals surface area contributed by atoms with Gasteiger partial charge in [-0.25, -0.2) is 9.76 Å². The summed E-state index contributed by atoms with van der Waals surface area (Å²) in [6.45, 7) is 6.32. The molecule has 126 valence electrons. The summed E-state index contributed by atoms with van der Waals surface area (Å²) in [7, 11) is 1.66. The van der Waals surface area contributed by atoms with E-state index in [9.17, 15) is 4.79 Å². The summed E-state index contributed by atoms with van der Waals surface area (Å²) < 4.78 is 12.8. The van der Waals surface area contributed by atoms with Gasteiger partial charge in [-0.3, -0.25) is 4.79 Å². The average Bonchev–Trinajstić information content (AvgIpc) is 2.44. The summed E-state index contributed by atoms with van der Waals surface area (Å²) in [6, 6.07) is 0. The van der Waals surface area contributed by atoms with E-state index in [1.807, 2.05) is 18.5 Å². The van der Waals surface area contributed by atoms with Crippen LogP contribution in [-0.4, -0.2) is 44.0 Å². The summed E-state index contributed by atoms with van der Waals surface area (Å²) in [5.74, 6) is -0.189. The third kappa shape index (κ3) is 8.89. The Morgan fingerprint density at radius 3 is 2.48 bits per heavy atom. The van der Waals surface area contributed by atoms with Crippen LogP contribution >= 0.6 is 6.57 Å². The lowest BCUT2D eigenvalue weighted by Crippen LogP contribution is -2.32. The van der Waals surface area contributed by atoms with E-state index in [1.54, 1.807) is 7.11 Å². The van der Waals surface area contributed by atoms with Gasteiger partial charge in [0.2, 0.25) is 0 Å². The fourth-order valence-corrected chi connectivity index (χ4v) is 5.03. The van der Waals surface area contributed by atoms with Crippen molar-refractivity contribution in [2.24, 2.45) is 0 Å². The van der Waals surface area contributed by atoms with Crippen LogP contribution in [0.4, 0.5) is 0 Å². The number of rotatable bonds is 13. The number of carbonyl (C=O) groups is 1. The fourth-order valence-electron chi connectivity index (χ4n) is 1.94. The molecule has 0 aliphatic rings. The second-order valence-corrected chi connectivity index (χ2v) is 8.44. The van der Waals surface area contributed by atoms with E-state index in [4.69, 9.17) is 21.1 Å². The van der Waals surface area contributed by atoms with Crippen LogP contribution in [0.3, 0.4) is 0 Å². The summed E-state index contributed by atoms with van der Waals surface area (Å²) in [6.07, 6.45) is 4.70. The van der Waals surface area contributed by atoms with Gasteiger partial charge < -0.3 is 9.26 Å². The molecule has 0 fully saturated rings. The SMILES string of the molecule is CCCCCCC(=O)OP(=S)(NCC)N(CC)CCOC. The fraction of sp³-hybridized carbons (Fsp3) is 0.929. The minimum absolute atomic E-state index is 0.189. The Hall–Kier alpha value is -0.0000000000000000416. The molecule has 1 unspecified atom stereocenters. The molecule has 0 amide bonds. The van der Waals surface area contributed by atoms with Gasteiger partial charge in [0.1, 0.15) is 0 Å². The van der Waals surface area contributed by atoms with Crippen LogP contribution in [0.5, 0.6) is 0 Å². The molecule has 7 heteroatoms.